The number of hydrogen-bond acceptors (Lipinski definition) is 6. The van der Waals surface area contributed by atoms with Crippen LogP contribution >= 0.6 is 27.3 Å². The van der Waals surface area contributed by atoms with Crippen molar-refractivity contribution < 1.29 is 19.1 Å². The Bertz CT molecular complexity index is 767. The van der Waals surface area contributed by atoms with Crippen LogP contribution in [0.25, 0.3) is 0 Å². The summed E-state index contributed by atoms with van der Waals surface area (Å²) in [4.78, 5) is 23.6. The van der Waals surface area contributed by atoms with Crippen LogP contribution in [0.5, 0.6) is 5.75 Å². The molecule has 2 rings (SSSR count). The van der Waals surface area contributed by atoms with Crippen molar-refractivity contribution in [3.63, 3.8) is 0 Å². The molecule has 0 spiro atoms. The van der Waals surface area contributed by atoms with Gasteiger partial charge in [0.2, 0.25) is 0 Å². The lowest BCUT2D eigenvalue weighted by molar-refractivity contribution is -0.153. The smallest absolute Gasteiger partial charge is 0.347 e. The van der Waals surface area contributed by atoms with Crippen LogP contribution < -0.4 is 10.1 Å². The van der Waals surface area contributed by atoms with Crippen LogP contribution in [-0.2, 0) is 14.3 Å². The maximum atomic E-state index is 11.9. The van der Waals surface area contributed by atoms with Crippen LogP contribution in [-0.4, -0.2) is 24.6 Å². The van der Waals surface area contributed by atoms with Gasteiger partial charge in [0, 0.05) is 4.47 Å². The summed E-state index contributed by atoms with van der Waals surface area (Å²) in [5.74, 6) is -0.651. The molecule has 0 aliphatic rings. The molecule has 0 bridgehead atoms. The first-order chi connectivity index (χ1) is 11.5. The summed E-state index contributed by atoms with van der Waals surface area (Å²) in [5.41, 5.74) is 0.367. The van der Waals surface area contributed by atoms with Gasteiger partial charge in [0.25, 0.3) is 5.91 Å². The van der Waals surface area contributed by atoms with E-state index in [0.717, 1.165) is 4.47 Å². The second-order valence-corrected chi connectivity index (χ2v) is 6.48. The first kappa shape index (κ1) is 18.0. The Kier molecular flexibility index (Phi) is 6.35. The Labute approximate surface area is 151 Å². The zero-order valence-corrected chi connectivity index (χ0v) is 15.0. The highest BCUT2D eigenvalue weighted by Crippen LogP contribution is 2.22. The van der Waals surface area contributed by atoms with E-state index in [4.69, 9.17) is 14.7 Å². The van der Waals surface area contributed by atoms with E-state index in [0.29, 0.717) is 16.3 Å². The number of carbonyl (C=O) groups excluding carboxylic acids is 2. The normalized spacial score (nSPS) is 11.2. The monoisotopic (exact) mass is 408 g/mol. The Morgan fingerprint density at radius 2 is 2.04 bits per heavy atom. The molecule has 0 aliphatic heterocycles. The minimum Gasteiger partial charge on any atom is -0.479 e. The summed E-state index contributed by atoms with van der Waals surface area (Å²) in [5, 5.41) is 13.5. The van der Waals surface area contributed by atoms with Crippen LogP contribution in [0.2, 0.25) is 0 Å². The fourth-order valence-corrected chi connectivity index (χ4v) is 2.69. The van der Waals surface area contributed by atoms with Gasteiger partial charge in [-0.25, -0.2) is 4.79 Å². The minimum atomic E-state index is -0.851. The quantitative estimate of drug-likeness (QED) is 0.740. The molecule has 0 fully saturated rings. The average molecular weight is 409 g/mol. The van der Waals surface area contributed by atoms with Gasteiger partial charge in [-0.1, -0.05) is 15.9 Å². The predicted molar refractivity (Wildman–Crippen MR) is 92.9 cm³/mol. The molecular weight excluding hydrogens is 396 g/mol. The van der Waals surface area contributed by atoms with Gasteiger partial charge in [0.15, 0.2) is 12.7 Å². The first-order valence-electron chi connectivity index (χ1n) is 6.86. The molecule has 1 amide bonds. The molecule has 0 unspecified atom stereocenters. The average Bonchev–Trinajstić information content (AvgIpc) is 3.01. The Balaban J connectivity index is 1.80. The number of hydrogen-bond donors (Lipinski definition) is 1. The molecule has 24 heavy (non-hydrogen) atoms. The van der Waals surface area contributed by atoms with Crippen molar-refractivity contribution in [1.82, 2.24) is 0 Å². The minimum absolute atomic E-state index is 0.367. The molecule has 8 heteroatoms. The predicted octanol–water partition coefficient (Wildman–Crippen LogP) is 3.33. The molecule has 1 aromatic heterocycles. The molecule has 124 valence electrons. The van der Waals surface area contributed by atoms with Crippen molar-refractivity contribution in [2.24, 2.45) is 0 Å². The van der Waals surface area contributed by atoms with Gasteiger partial charge in [-0.15, -0.1) is 11.3 Å². The van der Waals surface area contributed by atoms with Crippen molar-refractivity contribution in [3.8, 4) is 11.8 Å². The Hall–Kier alpha value is -2.37. The third kappa shape index (κ3) is 5.08. The summed E-state index contributed by atoms with van der Waals surface area (Å²) in [7, 11) is 0. The number of nitriles is 1. The lowest BCUT2D eigenvalue weighted by atomic mass is 10.3. The van der Waals surface area contributed by atoms with Crippen LogP contribution in [0.15, 0.2) is 40.2 Å². The molecule has 1 N–H and O–H groups in total. The number of amides is 1. The molecule has 6 nitrogen and oxygen atoms in total. The number of nitrogens with one attached hydrogen (secondary N) is 1. The van der Waals surface area contributed by atoms with Gasteiger partial charge in [-0.2, -0.15) is 5.26 Å². The van der Waals surface area contributed by atoms with E-state index >= 15 is 0 Å². The van der Waals surface area contributed by atoms with Gasteiger partial charge in [-0.05, 0) is 42.6 Å². The van der Waals surface area contributed by atoms with Crippen molar-refractivity contribution >= 4 is 44.1 Å². The van der Waals surface area contributed by atoms with E-state index in [2.05, 4.69) is 21.2 Å². The highest BCUT2D eigenvalue weighted by atomic mass is 79.9. The highest BCUT2D eigenvalue weighted by molar-refractivity contribution is 9.10. The zero-order chi connectivity index (χ0) is 17.5. The standard InChI is InChI=1S/C16H13BrN2O4S/c1-10(23-13-4-2-12(17)3-5-13)16(21)22-9-14(20)19-15-11(8-18)6-7-24-15/h2-7,10H,9H2,1H3,(H,19,20)/t10-/m1/s1. The maximum Gasteiger partial charge on any atom is 0.347 e. The van der Waals surface area contributed by atoms with Gasteiger partial charge in [0.1, 0.15) is 16.8 Å². The number of esters is 1. The second-order valence-electron chi connectivity index (χ2n) is 4.65. The van der Waals surface area contributed by atoms with Crippen molar-refractivity contribution in [2.75, 3.05) is 11.9 Å². The van der Waals surface area contributed by atoms with E-state index in [1.807, 2.05) is 6.07 Å². The summed E-state index contributed by atoms with van der Waals surface area (Å²) in [6, 6.07) is 10.5. The lowest BCUT2D eigenvalue weighted by Gasteiger charge is -2.13. The van der Waals surface area contributed by atoms with Crippen molar-refractivity contribution in [3.05, 3.63) is 45.7 Å². The number of rotatable bonds is 6. The van der Waals surface area contributed by atoms with E-state index in [-0.39, 0.29) is 0 Å². The topological polar surface area (TPSA) is 88.4 Å². The molecule has 0 saturated carbocycles. The van der Waals surface area contributed by atoms with Crippen LogP contribution in [0.4, 0.5) is 5.00 Å². The lowest BCUT2D eigenvalue weighted by Crippen LogP contribution is -2.29. The summed E-state index contributed by atoms with van der Waals surface area (Å²) < 4.78 is 11.3. The molecule has 1 aromatic carbocycles. The zero-order valence-electron chi connectivity index (χ0n) is 12.6. The number of carbonyl (C=O) groups is 2. The number of thiophene rings is 1. The second kappa shape index (κ2) is 8.47. The summed E-state index contributed by atoms with van der Waals surface area (Å²) >= 11 is 4.53. The van der Waals surface area contributed by atoms with Gasteiger partial charge >= 0.3 is 5.97 Å². The van der Waals surface area contributed by atoms with E-state index in [1.165, 1.54) is 18.3 Å². The van der Waals surface area contributed by atoms with Crippen LogP contribution in [0.1, 0.15) is 12.5 Å². The highest BCUT2D eigenvalue weighted by Gasteiger charge is 2.18. The van der Waals surface area contributed by atoms with Gasteiger partial charge in [-0.3, -0.25) is 4.79 Å². The molecule has 1 heterocycles. The molecule has 0 aliphatic carbocycles. The third-order valence-electron chi connectivity index (χ3n) is 2.84. The molecular formula is C16H13BrN2O4S. The fraction of sp³-hybridized carbons (Fsp3) is 0.188. The van der Waals surface area contributed by atoms with E-state index < -0.39 is 24.6 Å². The number of anilines is 1. The third-order valence-corrected chi connectivity index (χ3v) is 4.20. The Morgan fingerprint density at radius 1 is 1.33 bits per heavy atom. The fourth-order valence-electron chi connectivity index (χ4n) is 1.68. The summed E-state index contributed by atoms with van der Waals surface area (Å²) in [6.07, 6.45) is -0.851. The number of nitrogens with zero attached hydrogens (tertiary/aromatic N) is 1. The summed E-state index contributed by atoms with van der Waals surface area (Å²) in [6.45, 7) is 1.09. The van der Waals surface area contributed by atoms with Crippen LogP contribution in [0, 0.1) is 11.3 Å². The van der Waals surface area contributed by atoms with Gasteiger partial charge < -0.3 is 14.8 Å². The molecule has 0 saturated heterocycles. The van der Waals surface area contributed by atoms with E-state index in [1.54, 1.807) is 35.7 Å². The van der Waals surface area contributed by atoms with Crippen LogP contribution in [0.3, 0.4) is 0 Å². The number of benzene rings is 1. The first-order valence-corrected chi connectivity index (χ1v) is 8.53. The molecule has 2 aromatic rings. The number of halogens is 1. The van der Waals surface area contributed by atoms with Gasteiger partial charge in [0.05, 0.1) is 5.56 Å². The van der Waals surface area contributed by atoms with E-state index in [9.17, 15) is 9.59 Å². The molecule has 0 radical (unpaired) electrons. The van der Waals surface area contributed by atoms with Crippen molar-refractivity contribution in [1.29, 1.82) is 5.26 Å². The maximum absolute atomic E-state index is 11.9. The SMILES string of the molecule is C[C@@H](Oc1ccc(Br)cc1)C(=O)OCC(=O)Nc1sccc1C#N. The molecule has 1 atom stereocenters. The largest absolute Gasteiger partial charge is 0.479 e. The number of ether oxygens (including phenoxy) is 2. The Morgan fingerprint density at radius 3 is 2.71 bits per heavy atom. The van der Waals surface area contributed by atoms with Crippen molar-refractivity contribution in [2.45, 2.75) is 13.0 Å².